The smallest absolute Gasteiger partial charge is 0.290 e. The molecule has 5 nitrogen and oxygen atoms in total. The summed E-state index contributed by atoms with van der Waals surface area (Å²) in [5.41, 5.74) is 2.96. The minimum Gasteiger partial charge on any atom is -0.337 e. The fraction of sp³-hybridized carbons (Fsp3) is 0.440. The first-order chi connectivity index (χ1) is 15.5. The fourth-order valence-corrected chi connectivity index (χ4v) is 5.45. The number of carbonyl (C=O) groups excluding carboxylic acids is 2. The van der Waals surface area contributed by atoms with E-state index in [9.17, 15) is 18.4 Å². The van der Waals surface area contributed by atoms with Crippen LogP contribution in [0, 0.1) is 11.6 Å². The summed E-state index contributed by atoms with van der Waals surface area (Å²) in [5, 5.41) is 0. The van der Waals surface area contributed by atoms with Crippen molar-refractivity contribution in [3.05, 3.63) is 59.7 Å². The first-order valence-electron chi connectivity index (χ1n) is 11.4. The number of piperidine rings is 1. The minimum atomic E-state index is -0.337. The number of hydrogen-bond donors (Lipinski definition) is 0. The van der Waals surface area contributed by atoms with Gasteiger partial charge in [-0.15, -0.1) is 0 Å². The number of hydrogen-bond acceptors (Lipinski definition) is 4. The van der Waals surface area contributed by atoms with Crippen LogP contribution in [0.25, 0.3) is 0 Å². The van der Waals surface area contributed by atoms with Crippen molar-refractivity contribution < 1.29 is 18.4 Å². The Morgan fingerprint density at radius 2 is 1.66 bits per heavy atom. The lowest BCUT2D eigenvalue weighted by Gasteiger charge is -2.39. The Kier molecular flexibility index (Phi) is 5.67. The summed E-state index contributed by atoms with van der Waals surface area (Å²) >= 11 is 0. The van der Waals surface area contributed by atoms with Crippen LogP contribution in [0.4, 0.5) is 20.2 Å². The average molecular weight is 440 g/mol. The van der Waals surface area contributed by atoms with E-state index in [1.165, 1.54) is 18.2 Å². The topological polar surface area (TPSA) is 43.9 Å². The van der Waals surface area contributed by atoms with E-state index in [4.69, 9.17) is 0 Å². The van der Waals surface area contributed by atoms with Gasteiger partial charge in [-0.3, -0.25) is 9.59 Å². The Morgan fingerprint density at radius 3 is 2.41 bits per heavy atom. The van der Waals surface area contributed by atoms with Gasteiger partial charge in [-0.05, 0) is 73.8 Å². The second-order valence-corrected chi connectivity index (χ2v) is 8.99. The molecule has 2 aromatic rings. The molecular weight excluding hydrogens is 412 g/mol. The fourth-order valence-electron chi connectivity index (χ4n) is 5.45. The predicted octanol–water partition coefficient (Wildman–Crippen LogP) is 3.86. The molecule has 2 aromatic carbocycles. The van der Waals surface area contributed by atoms with E-state index in [1.807, 2.05) is 6.07 Å². The molecule has 168 valence electrons. The van der Waals surface area contributed by atoms with E-state index >= 15 is 0 Å². The second-order valence-electron chi connectivity index (χ2n) is 8.99. The normalized spacial score (nSPS) is 23.1. The number of unbranched alkanes of at least 4 members (excludes halogenated alkanes) is 1. The summed E-state index contributed by atoms with van der Waals surface area (Å²) < 4.78 is 27.6. The van der Waals surface area contributed by atoms with Crippen LogP contribution in [0.3, 0.4) is 0 Å². The van der Waals surface area contributed by atoms with Gasteiger partial charge in [0.05, 0.1) is 0 Å². The van der Waals surface area contributed by atoms with Gasteiger partial charge >= 0.3 is 0 Å². The lowest BCUT2D eigenvalue weighted by molar-refractivity contribution is -0.140. The number of benzene rings is 2. The van der Waals surface area contributed by atoms with E-state index in [0.29, 0.717) is 19.5 Å². The van der Waals surface area contributed by atoms with Crippen LogP contribution in [0.1, 0.15) is 37.2 Å². The minimum absolute atomic E-state index is 0.192. The van der Waals surface area contributed by atoms with Crippen molar-refractivity contribution in [1.82, 2.24) is 9.80 Å². The van der Waals surface area contributed by atoms with Crippen molar-refractivity contribution in [2.24, 2.45) is 0 Å². The molecule has 3 aliphatic heterocycles. The maximum absolute atomic E-state index is 14.1. The zero-order valence-corrected chi connectivity index (χ0v) is 18.0. The number of ketones is 1. The molecule has 32 heavy (non-hydrogen) atoms. The van der Waals surface area contributed by atoms with Gasteiger partial charge in [0.2, 0.25) is 5.78 Å². The molecule has 0 aromatic heterocycles. The van der Waals surface area contributed by atoms with Crippen molar-refractivity contribution in [2.75, 3.05) is 37.6 Å². The number of likely N-dealkylation sites (tertiary alicyclic amines) is 2. The molecule has 0 bridgehead atoms. The number of nitrogens with zero attached hydrogens (tertiary/aromatic N) is 3. The molecule has 2 fully saturated rings. The molecule has 3 heterocycles. The molecule has 2 unspecified atom stereocenters. The highest BCUT2D eigenvalue weighted by Gasteiger charge is 2.42. The third kappa shape index (κ3) is 3.90. The Balaban J connectivity index is 1.25. The summed E-state index contributed by atoms with van der Waals surface area (Å²) in [5.74, 6) is -0.914. The summed E-state index contributed by atoms with van der Waals surface area (Å²) in [6.45, 7) is 3.89. The van der Waals surface area contributed by atoms with Crippen molar-refractivity contribution >= 4 is 23.1 Å². The Bertz CT molecular complexity index is 1030. The molecule has 7 heteroatoms. The highest BCUT2D eigenvalue weighted by atomic mass is 19.1. The van der Waals surface area contributed by atoms with E-state index < -0.39 is 0 Å². The van der Waals surface area contributed by atoms with Gasteiger partial charge < -0.3 is 14.7 Å². The zero-order chi connectivity index (χ0) is 22.2. The molecule has 2 saturated heterocycles. The van der Waals surface area contributed by atoms with Crippen LogP contribution in [-0.2, 0) is 9.59 Å². The van der Waals surface area contributed by atoms with Gasteiger partial charge in [0, 0.05) is 55.9 Å². The van der Waals surface area contributed by atoms with Crippen LogP contribution in [0.2, 0.25) is 0 Å². The number of anilines is 2. The van der Waals surface area contributed by atoms with E-state index in [-0.39, 0.29) is 35.3 Å². The number of fused-ring (bicyclic) bond motifs is 3. The predicted molar refractivity (Wildman–Crippen MR) is 118 cm³/mol. The van der Waals surface area contributed by atoms with Crippen molar-refractivity contribution in [3.63, 3.8) is 0 Å². The Labute approximate surface area is 186 Å². The number of carbonyl (C=O) groups is 2. The van der Waals surface area contributed by atoms with Crippen molar-refractivity contribution in [1.29, 1.82) is 0 Å². The summed E-state index contributed by atoms with van der Waals surface area (Å²) in [7, 11) is 0. The van der Waals surface area contributed by atoms with Gasteiger partial charge in [-0.2, -0.15) is 0 Å². The highest BCUT2D eigenvalue weighted by molar-refractivity contribution is 6.37. The molecule has 2 atom stereocenters. The molecule has 0 saturated carbocycles. The molecule has 1 amide bonds. The van der Waals surface area contributed by atoms with Gasteiger partial charge in [-0.25, -0.2) is 8.78 Å². The third-order valence-electron chi connectivity index (χ3n) is 7.03. The zero-order valence-electron chi connectivity index (χ0n) is 18.0. The molecule has 3 aliphatic rings. The van der Waals surface area contributed by atoms with Gasteiger partial charge in [0.25, 0.3) is 5.91 Å². The molecule has 0 spiro atoms. The van der Waals surface area contributed by atoms with Crippen LogP contribution in [0.5, 0.6) is 0 Å². The molecule has 0 radical (unpaired) electrons. The summed E-state index contributed by atoms with van der Waals surface area (Å²) in [4.78, 5) is 29.5. The van der Waals surface area contributed by atoms with Crippen LogP contribution in [-0.4, -0.2) is 60.3 Å². The second kappa shape index (κ2) is 8.62. The van der Waals surface area contributed by atoms with Crippen LogP contribution < -0.4 is 4.90 Å². The van der Waals surface area contributed by atoms with E-state index in [2.05, 4.69) is 9.80 Å². The van der Waals surface area contributed by atoms with E-state index in [1.54, 1.807) is 23.1 Å². The van der Waals surface area contributed by atoms with Crippen molar-refractivity contribution in [2.45, 2.75) is 37.6 Å². The Morgan fingerprint density at radius 1 is 0.906 bits per heavy atom. The first-order valence-corrected chi connectivity index (χ1v) is 11.4. The monoisotopic (exact) mass is 439 g/mol. The maximum atomic E-state index is 14.1. The molecule has 0 aliphatic carbocycles. The number of amides is 1. The quantitative estimate of drug-likeness (QED) is 0.507. The van der Waals surface area contributed by atoms with Crippen LogP contribution >= 0.6 is 0 Å². The van der Waals surface area contributed by atoms with Gasteiger partial charge in [0.1, 0.15) is 11.6 Å². The third-order valence-corrected chi connectivity index (χ3v) is 7.03. The standard InChI is InChI=1S/C25H27F2N3O2/c26-17-3-6-19(7-4-17)30-22-8-5-18(27)15-20(22)21-16-28(13-9-23(21)30)11-1-2-12-29-14-10-24(31)25(29)32/h3-8,15,21,23H,1-2,9-14,16H2. The Hall–Kier alpha value is -2.80. The largest absolute Gasteiger partial charge is 0.337 e. The number of Topliss-reactive ketones (excluding diaryl/α,β-unsaturated/α-hetero) is 1. The lowest BCUT2D eigenvalue weighted by atomic mass is 9.89. The van der Waals surface area contributed by atoms with Crippen molar-refractivity contribution in [3.8, 4) is 0 Å². The van der Waals surface area contributed by atoms with Crippen LogP contribution in [0.15, 0.2) is 42.5 Å². The first kappa shape index (κ1) is 21.1. The van der Waals surface area contributed by atoms with Gasteiger partial charge in [-0.1, -0.05) is 0 Å². The molecule has 5 rings (SSSR count). The molecular formula is C25H27F2N3O2. The summed E-state index contributed by atoms with van der Waals surface area (Å²) in [6.07, 6.45) is 3.11. The highest BCUT2D eigenvalue weighted by Crippen LogP contribution is 2.48. The SMILES string of the molecule is O=C1CCN(CCCCN2CCC3C(C2)c2cc(F)ccc2N3c2ccc(F)cc2)C1=O. The number of halogens is 2. The maximum Gasteiger partial charge on any atom is 0.290 e. The number of rotatable bonds is 6. The average Bonchev–Trinajstić information content (AvgIpc) is 3.28. The lowest BCUT2D eigenvalue weighted by Crippen LogP contribution is -2.45. The summed E-state index contributed by atoms with van der Waals surface area (Å²) in [6, 6.07) is 11.7. The molecule has 0 N–H and O–H groups in total. The van der Waals surface area contributed by atoms with E-state index in [0.717, 1.165) is 55.8 Å². The van der Waals surface area contributed by atoms with Gasteiger partial charge in [0.15, 0.2) is 0 Å².